The second kappa shape index (κ2) is 29.1. The molecule has 280 valence electrons. The molecule has 1 saturated heterocycles. The highest BCUT2D eigenvalue weighted by Crippen LogP contribution is 2.22. The van der Waals surface area contributed by atoms with Crippen LogP contribution >= 0.6 is 0 Å². The van der Waals surface area contributed by atoms with Crippen LogP contribution in [0.2, 0.25) is 0 Å². The fourth-order valence-corrected chi connectivity index (χ4v) is 5.58. The van der Waals surface area contributed by atoms with E-state index in [-0.39, 0.29) is 13.0 Å². The first-order valence-electron chi connectivity index (χ1n) is 18.8. The molecule has 1 aliphatic rings. The maximum Gasteiger partial charge on any atom is 0.249 e. The van der Waals surface area contributed by atoms with Crippen LogP contribution in [0.5, 0.6) is 0 Å². The summed E-state index contributed by atoms with van der Waals surface area (Å²) >= 11 is 0. The number of hydrogen-bond donors (Lipinski definition) is 7. The zero-order valence-corrected chi connectivity index (χ0v) is 29.8. The third-order valence-corrected chi connectivity index (χ3v) is 8.79. The summed E-state index contributed by atoms with van der Waals surface area (Å²) < 4.78 is 11.0. The lowest BCUT2D eigenvalue weighted by atomic mass is 9.99. The third-order valence-electron chi connectivity index (χ3n) is 8.79. The molecule has 48 heavy (non-hydrogen) atoms. The number of nitrogens with one attached hydrogen (secondary N) is 1. The molecule has 8 atom stereocenters. The van der Waals surface area contributed by atoms with Crippen molar-refractivity contribution in [3.8, 4) is 0 Å². The Labute approximate surface area is 290 Å². The number of carbonyl (C=O) groups is 1. The molecular formula is C38H69NO9. The van der Waals surface area contributed by atoms with Gasteiger partial charge in [-0.1, -0.05) is 115 Å². The number of carbonyl (C=O) groups excluding carboxylic acids is 1. The number of amides is 1. The van der Waals surface area contributed by atoms with Gasteiger partial charge >= 0.3 is 0 Å². The molecular weight excluding hydrogens is 614 g/mol. The lowest BCUT2D eigenvalue weighted by Gasteiger charge is -2.40. The fourth-order valence-electron chi connectivity index (χ4n) is 5.58. The monoisotopic (exact) mass is 683 g/mol. The highest BCUT2D eigenvalue weighted by atomic mass is 16.7. The highest BCUT2D eigenvalue weighted by molar-refractivity contribution is 5.80. The van der Waals surface area contributed by atoms with Crippen molar-refractivity contribution in [2.75, 3.05) is 13.2 Å². The molecule has 7 N–H and O–H groups in total. The molecule has 0 radical (unpaired) electrons. The largest absolute Gasteiger partial charge is 0.394 e. The van der Waals surface area contributed by atoms with Gasteiger partial charge in [0.1, 0.15) is 30.5 Å². The van der Waals surface area contributed by atoms with Crippen molar-refractivity contribution in [2.24, 2.45) is 0 Å². The maximum absolute atomic E-state index is 12.9. The summed E-state index contributed by atoms with van der Waals surface area (Å²) in [6.07, 6.45) is 22.5. The number of allylic oxidation sites excluding steroid dienone is 5. The number of rotatable bonds is 29. The summed E-state index contributed by atoms with van der Waals surface area (Å²) in [6, 6.07) is -1.00. The van der Waals surface area contributed by atoms with Crippen LogP contribution in [-0.4, -0.2) is 98.7 Å². The second-order valence-electron chi connectivity index (χ2n) is 13.1. The SMILES string of the molecule is CCCCCCC/C=C/CC/C=C/C(O)C(COC1OC(CO)C(O)C(O)C1O)NC(=O)C(O)CCCC/C=C\CCCCCCCC. The molecule has 10 nitrogen and oxygen atoms in total. The predicted octanol–water partition coefficient (Wildman–Crippen LogP) is 5.13. The molecule has 0 aromatic rings. The minimum atomic E-state index is -1.62. The van der Waals surface area contributed by atoms with Crippen molar-refractivity contribution >= 4 is 5.91 Å². The molecule has 0 bridgehead atoms. The highest BCUT2D eigenvalue weighted by Gasteiger charge is 2.44. The van der Waals surface area contributed by atoms with Gasteiger partial charge in [0.2, 0.25) is 5.91 Å². The minimum absolute atomic E-state index is 0.272. The van der Waals surface area contributed by atoms with Crippen molar-refractivity contribution in [2.45, 2.75) is 185 Å². The summed E-state index contributed by atoms with van der Waals surface area (Å²) in [4.78, 5) is 12.9. The zero-order valence-electron chi connectivity index (χ0n) is 29.8. The van der Waals surface area contributed by atoms with E-state index in [1.807, 2.05) is 6.08 Å². The summed E-state index contributed by atoms with van der Waals surface area (Å²) in [5.41, 5.74) is 0. The van der Waals surface area contributed by atoms with E-state index >= 15 is 0 Å². The topological polar surface area (TPSA) is 169 Å². The molecule has 10 heteroatoms. The van der Waals surface area contributed by atoms with Gasteiger partial charge in [-0.25, -0.2) is 0 Å². The quantitative estimate of drug-likeness (QED) is 0.0418. The van der Waals surface area contributed by atoms with Crippen LogP contribution in [0.25, 0.3) is 0 Å². The van der Waals surface area contributed by atoms with E-state index in [9.17, 15) is 35.4 Å². The lowest BCUT2D eigenvalue weighted by molar-refractivity contribution is -0.302. The van der Waals surface area contributed by atoms with Crippen LogP contribution in [0.15, 0.2) is 36.5 Å². The Balaban J connectivity index is 2.59. The van der Waals surface area contributed by atoms with E-state index in [2.05, 4.69) is 43.5 Å². The van der Waals surface area contributed by atoms with E-state index in [4.69, 9.17) is 9.47 Å². The number of unbranched alkanes of at least 4 members (excludes halogenated alkanes) is 14. The van der Waals surface area contributed by atoms with Gasteiger partial charge in [0.05, 0.1) is 25.4 Å². The average molecular weight is 684 g/mol. The Morgan fingerprint density at radius 1 is 0.708 bits per heavy atom. The van der Waals surface area contributed by atoms with Gasteiger partial charge in [0.15, 0.2) is 6.29 Å². The zero-order chi connectivity index (χ0) is 35.4. The number of aliphatic hydroxyl groups excluding tert-OH is 6. The van der Waals surface area contributed by atoms with Gasteiger partial charge in [-0.2, -0.15) is 0 Å². The maximum atomic E-state index is 12.9. The first kappa shape index (κ1) is 44.4. The van der Waals surface area contributed by atoms with E-state index in [1.165, 1.54) is 70.6 Å². The summed E-state index contributed by atoms with van der Waals surface area (Å²) in [5, 5.41) is 64.1. The Bertz CT molecular complexity index is 865. The molecule has 0 spiro atoms. The summed E-state index contributed by atoms with van der Waals surface area (Å²) in [7, 11) is 0. The van der Waals surface area contributed by atoms with Gasteiger partial charge in [0, 0.05) is 0 Å². The molecule has 1 aliphatic heterocycles. The number of hydrogen-bond acceptors (Lipinski definition) is 9. The van der Waals surface area contributed by atoms with Crippen LogP contribution in [0.4, 0.5) is 0 Å². The molecule has 8 unspecified atom stereocenters. The standard InChI is InChI=1S/C38H69NO9/c1-3-5-7-9-11-13-15-17-19-21-23-25-27-32(42)37(46)39-30(29-47-38-36(45)35(44)34(43)33(28-40)48-38)31(41)26-24-22-20-18-16-14-12-10-8-6-4-2/h16-19,24,26,30-36,38,40-45H,3-15,20-23,25,27-29H2,1-2H3,(H,39,46)/b18-16+,19-17-,26-24+. The third kappa shape index (κ3) is 20.1. The molecule has 0 aromatic heterocycles. The smallest absolute Gasteiger partial charge is 0.249 e. The van der Waals surface area contributed by atoms with Crippen molar-refractivity contribution in [1.29, 1.82) is 0 Å². The van der Waals surface area contributed by atoms with Crippen LogP contribution in [0.3, 0.4) is 0 Å². The number of aliphatic hydroxyl groups is 6. The summed E-state index contributed by atoms with van der Waals surface area (Å²) in [6.45, 7) is 3.49. The van der Waals surface area contributed by atoms with Gasteiger partial charge in [-0.05, 0) is 57.8 Å². The van der Waals surface area contributed by atoms with Crippen LogP contribution in [0.1, 0.15) is 136 Å². The molecule has 1 amide bonds. The van der Waals surface area contributed by atoms with E-state index in [0.29, 0.717) is 12.8 Å². The Morgan fingerprint density at radius 3 is 1.81 bits per heavy atom. The second-order valence-corrected chi connectivity index (χ2v) is 13.1. The summed E-state index contributed by atoms with van der Waals surface area (Å²) in [5.74, 6) is -0.648. The van der Waals surface area contributed by atoms with Crippen molar-refractivity contribution in [1.82, 2.24) is 5.32 Å². The van der Waals surface area contributed by atoms with Crippen LogP contribution < -0.4 is 5.32 Å². The minimum Gasteiger partial charge on any atom is -0.394 e. The van der Waals surface area contributed by atoms with E-state index in [1.54, 1.807) is 6.08 Å². The van der Waals surface area contributed by atoms with Crippen molar-refractivity contribution in [3.63, 3.8) is 0 Å². The van der Waals surface area contributed by atoms with Gasteiger partial charge in [-0.3, -0.25) is 4.79 Å². The molecule has 0 saturated carbocycles. The normalized spacial score (nSPS) is 23.7. The molecule has 1 heterocycles. The average Bonchev–Trinajstić information content (AvgIpc) is 3.08. The van der Waals surface area contributed by atoms with Gasteiger partial charge in [-0.15, -0.1) is 0 Å². The predicted molar refractivity (Wildman–Crippen MR) is 190 cm³/mol. The van der Waals surface area contributed by atoms with Crippen LogP contribution in [-0.2, 0) is 14.3 Å². The van der Waals surface area contributed by atoms with Crippen LogP contribution in [0, 0.1) is 0 Å². The van der Waals surface area contributed by atoms with E-state index in [0.717, 1.165) is 32.1 Å². The molecule has 1 rings (SSSR count). The molecule has 0 aromatic carbocycles. The lowest BCUT2D eigenvalue weighted by Crippen LogP contribution is -2.60. The Kier molecular flexibility index (Phi) is 26.9. The first-order valence-corrected chi connectivity index (χ1v) is 18.8. The van der Waals surface area contributed by atoms with Crippen molar-refractivity contribution < 1.29 is 44.9 Å². The van der Waals surface area contributed by atoms with E-state index < -0.39 is 61.5 Å². The Morgan fingerprint density at radius 2 is 1.23 bits per heavy atom. The first-order chi connectivity index (χ1) is 23.3. The molecule has 0 aliphatic carbocycles. The van der Waals surface area contributed by atoms with Gasteiger partial charge in [0.25, 0.3) is 0 Å². The fraction of sp³-hybridized carbons (Fsp3) is 0.816. The number of ether oxygens (including phenoxy) is 2. The Hall–Kier alpha value is -1.63. The van der Waals surface area contributed by atoms with Gasteiger partial charge < -0.3 is 45.4 Å². The molecule has 1 fully saturated rings. The van der Waals surface area contributed by atoms with Crippen molar-refractivity contribution in [3.05, 3.63) is 36.5 Å².